The number of hydrogen-bond acceptors (Lipinski definition) is 6. The van der Waals surface area contributed by atoms with Gasteiger partial charge >= 0.3 is 11.9 Å². The highest BCUT2D eigenvalue weighted by atomic mass is 16.7. The molecule has 1 heterocycles. The van der Waals surface area contributed by atoms with Crippen LogP contribution in [0.4, 0.5) is 0 Å². The number of aliphatic carboxylic acids is 2. The number of ether oxygens (including phenoxy) is 1. The predicted octanol–water partition coefficient (Wildman–Crippen LogP) is -0.241. The molecule has 112 valence electrons. The molecule has 1 fully saturated rings. The lowest BCUT2D eigenvalue weighted by atomic mass is 10.1. The zero-order valence-corrected chi connectivity index (χ0v) is 11.1. The molecule has 1 saturated heterocycles. The molecule has 8 nitrogen and oxygen atoms in total. The Kier molecular flexibility index (Phi) is 6.91. The molecule has 0 aliphatic carbocycles. The van der Waals surface area contributed by atoms with Gasteiger partial charge in [-0.05, 0) is 19.3 Å². The molecule has 1 unspecified atom stereocenters. The Morgan fingerprint density at radius 2 is 1.42 bits per heavy atom. The summed E-state index contributed by atoms with van der Waals surface area (Å²) in [5, 5.41) is 16.3. The fourth-order valence-electron chi connectivity index (χ4n) is 1.45. The van der Waals surface area contributed by atoms with Crippen LogP contribution in [0, 0.1) is 0 Å². The van der Waals surface area contributed by atoms with E-state index in [1.54, 1.807) is 0 Å². The van der Waals surface area contributed by atoms with Crippen LogP contribution in [0.1, 0.15) is 45.4 Å². The molecule has 1 aliphatic heterocycles. The zero-order chi connectivity index (χ0) is 15.1. The maximum atomic E-state index is 9.90. The summed E-state index contributed by atoms with van der Waals surface area (Å²) in [6, 6.07) is 0. The molecular formula is C11H23N3O5. The molecule has 0 spiro atoms. The van der Waals surface area contributed by atoms with E-state index in [-0.39, 0.29) is 12.8 Å². The molecule has 0 amide bonds. The molecule has 0 bridgehead atoms. The summed E-state index contributed by atoms with van der Waals surface area (Å²) in [5.41, 5.74) is 15.5. The minimum Gasteiger partial charge on any atom is -0.481 e. The van der Waals surface area contributed by atoms with Crippen molar-refractivity contribution >= 4 is 11.9 Å². The summed E-state index contributed by atoms with van der Waals surface area (Å²) < 4.78 is 4.87. The molecule has 1 atom stereocenters. The fraction of sp³-hybridized carbons (Fsp3) is 0.818. The summed E-state index contributed by atoms with van der Waals surface area (Å²) in [6.07, 6.45) is 2.68. The molecule has 0 aromatic heterocycles. The maximum absolute atomic E-state index is 9.90. The van der Waals surface area contributed by atoms with Crippen molar-refractivity contribution < 1.29 is 24.5 Å². The minimum atomic E-state index is -1.07. The first-order chi connectivity index (χ1) is 8.64. The highest BCUT2D eigenvalue weighted by Gasteiger charge is 2.62. The Balaban J connectivity index is 0.000000342. The normalized spacial score (nSPS) is 23.2. The molecule has 0 aromatic carbocycles. The number of hydrogen-bond donors (Lipinski definition) is 5. The van der Waals surface area contributed by atoms with Crippen molar-refractivity contribution in [3.8, 4) is 0 Å². The average Bonchev–Trinajstić information content (AvgIpc) is 2.73. The third-order valence-corrected chi connectivity index (χ3v) is 2.62. The van der Waals surface area contributed by atoms with Gasteiger partial charge in [0.1, 0.15) is 0 Å². The van der Waals surface area contributed by atoms with Gasteiger partial charge < -0.3 is 14.9 Å². The van der Waals surface area contributed by atoms with Crippen molar-refractivity contribution in [1.29, 1.82) is 0 Å². The van der Waals surface area contributed by atoms with Crippen LogP contribution in [0.5, 0.6) is 0 Å². The Bertz CT molecular complexity index is 305. The second-order valence-corrected chi connectivity index (χ2v) is 4.53. The van der Waals surface area contributed by atoms with Crippen molar-refractivity contribution in [1.82, 2.24) is 0 Å². The SMILES string of the molecule is CCCC1(N)OC1(N)N.O=C(O)CCCCC(=O)O. The van der Waals surface area contributed by atoms with Crippen LogP contribution in [0.2, 0.25) is 0 Å². The van der Waals surface area contributed by atoms with Gasteiger partial charge in [0.15, 0.2) is 5.72 Å². The lowest BCUT2D eigenvalue weighted by molar-refractivity contribution is -0.139. The van der Waals surface area contributed by atoms with E-state index in [1.165, 1.54) is 0 Å². The quantitative estimate of drug-likeness (QED) is 0.241. The van der Waals surface area contributed by atoms with Gasteiger partial charge in [0, 0.05) is 12.8 Å². The minimum absolute atomic E-state index is 0.0628. The smallest absolute Gasteiger partial charge is 0.303 e. The van der Waals surface area contributed by atoms with Gasteiger partial charge in [-0.25, -0.2) is 0 Å². The highest BCUT2D eigenvalue weighted by Crippen LogP contribution is 2.37. The first-order valence-corrected chi connectivity index (χ1v) is 6.15. The van der Waals surface area contributed by atoms with Crippen molar-refractivity contribution in [2.24, 2.45) is 17.2 Å². The van der Waals surface area contributed by atoms with Crippen LogP contribution >= 0.6 is 0 Å². The van der Waals surface area contributed by atoms with Crippen LogP contribution in [0.3, 0.4) is 0 Å². The lowest BCUT2D eigenvalue weighted by Gasteiger charge is -2.04. The average molecular weight is 277 g/mol. The van der Waals surface area contributed by atoms with Crippen LogP contribution in [0.25, 0.3) is 0 Å². The van der Waals surface area contributed by atoms with E-state index in [4.69, 9.17) is 32.2 Å². The van der Waals surface area contributed by atoms with Gasteiger partial charge in [0.25, 0.3) is 0 Å². The first kappa shape index (κ1) is 17.8. The van der Waals surface area contributed by atoms with E-state index >= 15 is 0 Å². The van der Waals surface area contributed by atoms with Gasteiger partial charge in [-0.1, -0.05) is 13.3 Å². The van der Waals surface area contributed by atoms with Crippen LogP contribution in [0.15, 0.2) is 0 Å². The standard InChI is InChI=1S/C6H10O4.C5H13N3O/c7-5(8)3-1-2-4-6(9)10;1-2-3-4(6)5(7,8)9-4/h1-4H2,(H,7,8)(H,9,10);2-3,6-8H2,1H3. The van der Waals surface area contributed by atoms with Crippen molar-refractivity contribution in [3.05, 3.63) is 0 Å². The summed E-state index contributed by atoms with van der Waals surface area (Å²) in [6.45, 7) is 2.01. The molecule has 1 rings (SSSR count). The molecule has 1 aliphatic rings. The van der Waals surface area contributed by atoms with E-state index in [0.29, 0.717) is 12.8 Å². The fourth-order valence-corrected chi connectivity index (χ4v) is 1.45. The van der Waals surface area contributed by atoms with Gasteiger partial charge in [-0.2, -0.15) is 0 Å². The molecule has 19 heavy (non-hydrogen) atoms. The summed E-state index contributed by atoms with van der Waals surface area (Å²) >= 11 is 0. The second-order valence-electron chi connectivity index (χ2n) is 4.53. The Labute approximate surface area is 111 Å². The van der Waals surface area contributed by atoms with E-state index in [2.05, 4.69) is 0 Å². The predicted molar refractivity (Wildman–Crippen MR) is 67.8 cm³/mol. The third-order valence-electron chi connectivity index (χ3n) is 2.62. The first-order valence-electron chi connectivity index (χ1n) is 6.15. The van der Waals surface area contributed by atoms with Crippen LogP contribution < -0.4 is 17.2 Å². The molecule has 8 N–H and O–H groups in total. The van der Waals surface area contributed by atoms with Crippen molar-refractivity contribution in [3.63, 3.8) is 0 Å². The zero-order valence-electron chi connectivity index (χ0n) is 11.1. The molecule has 8 heteroatoms. The molecule has 0 saturated carbocycles. The highest BCUT2D eigenvalue weighted by molar-refractivity contribution is 5.67. The number of rotatable bonds is 7. The third kappa shape index (κ3) is 7.06. The number of unbranched alkanes of at least 4 members (excludes halogenated alkanes) is 1. The van der Waals surface area contributed by atoms with Gasteiger partial charge in [0.2, 0.25) is 5.85 Å². The molecule has 0 aromatic rings. The second kappa shape index (κ2) is 7.39. The van der Waals surface area contributed by atoms with E-state index < -0.39 is 23.5 Å². The number of epoxide rings is 1. The molecular weight excluding hydrogens is 254 g/mol. The largest absolute Gasteiger partial charge is 0.481 e. The Morgan fingerprint density at radius 3 is 1.58 bits per heavy atom. The van der Waals surface area contributed by atoms with Gasteiger partial charge in [0.05, 0.1) is 0 Å². The van der Waals surface area contributed by atoms with Gasteiger partial charge in [-0.15, -0.1) is 0 Å². The monoisotopic (exact) mass is 277 g/mol. The van der Waals surface area contributed by atoms with Crippen molar-refractivity contribution in [2.45, 2.75) is 57.0 Å². The maximum Gasteiger partial charge on any atom is 0.303 e. The van der Waals surface area contributed by atoms with E-state index in [1.807, 2.05) is 6.92 Å². The van der Waals surface area contributed by atoms with Crippen molar-refractivity contribution in [2.75, 3.05) is 0 Å². The van der Waals surface area contributed by atoms with E-state index in [0.717, 1.165) is 12.8 Å². The number of carboxylic acids is 2. The number of nitrogens with two attached hydrogens (primary N) is 3. The topological polar surface area (TPSA) is 165 Å². The Hall–Kier alpha value is -1.22. The summed E-state index contributed by atoms with van der Waals surface area (Å²) in [7, 11) is 0. The van der Waals surface area contributed by atoms with E-state index in [9.17, 15) is 9.59 Å². The molecule has 0 radical (unpaired) electrons. The van der Waals surface area contributed by atoms with Crippen LogP contribution in [-0.4, -0.2) is 33.7 Å². The summed E-state index contributed by atoms with van der Waals surface area (Å²) in [4.78, 5) is 19.8. The number of carboxylic acid groups (broad SMARTS) is 2. The van der Waals surface area contributed by atoms with Gasteiger partial charge in [-0.3, -0.25) is 26.8 Å². The Morgan fingerprint density at radius 1 is 1.05 bits per heavy atom. The lowest BCUT2D eigenvalue weighted by Crippen LogP contribution is -2.47. The number of carbonyl (C=O) groups is 2. The summed E-state index contributed by atoms with van der Waals surface area (Å²) in [5.74, 6) is -2.81. The van der Waals surface area contributed by atoms with Crippen LogP contribution in [-0.2, 0) is 14.3 Å².